The zero-order valence-electron chi connectivity index (χ0n) is 19.1. The van der Waals surface area contributed by atoms with Gasteiger partial charge >= 0.3 is 0 Å². The molecule has 0 aromatic heterocycles. The van der Waals surface area contributed by atoms with Crippen LogP contribution in [0.3, 0.4) is 0 Å². The van der Waals surface area contributed by atoms with Crippen LogP contribution in [0.4, 0.5) is 0 Å². The average molecular weight is 395 g/mol. The van der Waals surface area contributed by atoms with Crippen molar-refractivity contribution in [2.75, 3.05) is 0 Å². The van der Waals surface area contributed by atoms with Gasteiger partial charge in [-0.25, -0.2) is 0 Å². The van der Waals surface area contributed by atoms with Crippen molar-refractivity contribution in [2.45, 2.75) is 53.9 Å². The van der Waals surface area contributed by atoms with Crippen LogP contribution in [0.2, 0.25) is 0 Å². The van der Waals surface area contributed by atoms with E-state index in [-0.39, 0.29) is 5.41 Å². The number of benzene rings is 2. The molecule has 2 aliphatic rings. The van der Waals surface area contributed by atoms with Crippen LogP contribution >= 0.6 is 0 Å². The summed E-state index contributed by atoms with van der Waals surface area (Å²) in [5, 5.41) is 0. The maximum atomic E-state index is 2.50. The monoisotopic (exact) mass is 394 g/mol. The Morgan fingerprint density at radius 3 is 2.57 bits per heavy atom. The number of rotatable bonds is 5. The van der Waals surface area contributed by atoms with Gasteiger partial charge in [-0.2, -0.15) is 0 Å². The molecule has 0 nitrogen and oxygen atoms in total. The van der Waals surface area contributed by atoms with Gasteiger partial charge in [0, 0.05) is 0 Å². The van der Waals surface area contributed by atoms with Crippen LogP contribution in [0.1, 0.15) is 69.2 Å². The number of fused-ring (bicyclic) bond motifs is 1. The molecule has 0 heteroatoms. The Kier molecular flexibility index (Phi) is 5.69. The third-order valence-electron chi connectivity index (χ3n) is 7.32. The molecule has 154 valence electrons. The lowest BCUT2D eigenvalue weighted by Gasteiger charge is -2.35. The molecule has 0 spiro atoms. The summed E-state index contributed by atoms with van der Waals surface area (Å²) >= 11 is 0. The quantitative estimate of drug-likeness (QED) is 0.476. The first-order valence-corrected chi connectivity index (χ1v) is 11.5. The van der Waals surface area contributed by atoms with Crippen molar-refractivity contribution in [1.82, 2.24) is 0 Å². The Bertz CT molecular complexity index is 1070. The second-order valence-electron chi connectivity index (χ2n) is 8.98. The van der Waals surface area contributed by atoms with E-state index in [1.807, 2.05) is 0 Å². The molecule has 2 aromatic carbocycles. The molecule has 0 fully saturated rings. The van der Waals surface area contributed by atoms with Crippen LogP contribution in [0.25, 0.3) is 17.2 Å². The van der Waals surface area contributed by atoms with Gasteiger partial charge in [0.15, 0.2) is 0 Å². The average Bonchev–Trinajstić information content (AvgIpc) is 3.02. The van der Waals surface area contributed by atoms with E-state index in [2.05, 4.69) is 107 Å². The fourth-order valence-electron chi connectivity index (χ4n) is 5.65. The van der Waals surface area contributed by atoms with Crippen molar-refractivity contribution in [3.63, 3.8) is 0 Å². The lowest BCUT2D eigenvalue weighted by Crippen LogP contribution is -2.25. The molecule has 4 rings (SSSR count). The molecule has 30 heavy (non-hydrogen) atoms. The van der Waals surface area contributed by atoms with Crippen molar-refractivity contribution >= 4 is 17.2 Å². The maximum absolute atomic E-state index is 2.50. The van der Waals surface area contributed by atoms with Gasteiger partial charge in [-0.15, -0.1) is 0 Å². The lowest BCUT2D eigenvalue weighted by atomic mass is 9.69. The highest BCUT2D eigenvalue weighted by Gasteiger charge is 2.46. The van der Waals surface area contributed by atoms with Crippen molar-refractivity contribution in [3.8, 4) is 0 Å². The smallest absolute Gasteiger partial charge is 0.00292 e. The fourth-order valence-corrected chi connectivity index (χ4v) is 5.65. The summed E-state index contributed by atoms with van der Waals surface area (Å²) in [4.78, 5) is 0. The van der Waals surface area contributed by atoms with Gasteiger partial charge < -0.3 is 0 Å². The lowest BCUT2D eigenvalue weighted by molar-refractivity contribution is 0.278. The van der Waals surface area contributed by atoms with E-state index < -0.39 is 0 Å². The standard InChI is InChI=1S/C30H34/c1-6-12-22-14-9-10-16-25(22)29-26-20-24(23-15-11-13-21(4)19-23)17-18-28(26)30(5,8-3)27(29)7-2/h6,9-17,19-20,28H,7-8,18H2,1-5H3/b12-6-. The minimum atomic E-state index is 0.230. The molecule has 2 aromatic rings. The summed E-state index contributed by atoms with van der Waals surface area (Å²) in [6, 6.07) is 17.9. The normalized spacial score (nSPS) is 23.6. The summed E-state index contributed by atoms with van der Waals surface area (Å²) in [6.45, 7) is 11.5. The first-order chi connectivity index (χ1) is 14.5. The molecule has 0 aliphatic heterocycles. The van der Waals surface area contributed by atoms with Gasteiger partial charge in [-0.05, 0) is 77.9 Å². The highest BCUT2D eigenvalue weighted by molar-refractivity contribution is 5.93. The number of hydrogen-bond donors (Lipinski definition) is 0. The van der Waals surface area contributed by atoms with Crippen molar-refractivity contribution in [1.29, 1.82) is 0 Å². The molecule has 0 heterocycles. The van der Waals surface area contributed by atoms with Gasteiger partial charge in [0.2, 0.25) is 0 Å². The zero-order chi connectivity index (χ0) is 21.3. The molecular weight excluding hydrogens is 360 g/mol. The molecule has 2 unspecified atom stereocenters. The van der Waals surface area contributed by atoms with Crippen molar-refractivity contribution in [2.24, 2.45) is 11.3 Å². The van der Waals surface area contributed by atoms with E-state index in [1.165, 1.54) is 39.8 Å². The zero-order valence-corrected chi connectivity index (χ0v) is 19.1. The summed E-state index contributed by atoms with van der Waals surface area (Å²) < 4.78 is 0. The minimum absolute atomic E-state index is 0.230. The van der Waals surface area contributed by atoms with E-state index in [0.717, 1.165) is 12.8 Å². The number of allylic oxidation sites excluding steroid dienone is 7. The van der Waals surface area contributed by atoms with Crippen LogP contribution in [0, 0.1) is 18.3 Å². The summed E-state index contributed by atoms with van der Waals surface area (Å²) in [5.41, 5.74) is 11.7. The summed E-state index contributed by atoms with van der Waals surface area (Å²) in [7, 11) is 0. The Balaban J connectivity index is 1.94. The van der Waals surface area contributed by atoms with E-state index in [4.69, 9.17) is 0 Å². The second-order valence-corrected chi connectivity index (χ2v) is 8.98. The van der Waals surface area contributed by atoms with Crippen molar-refractivity contribution < 1.29 is 0 Å². The first-order valence-electron chi connectivity index (χ1n) is 11.5. The molecule has 0 radical (unpaired) electrons. The fraction of sp³-hybridized carbons (Fsp3) is 0.333. The number of aryl methyl sites for hydroxylation is 1. The predicted molar refractivity (Wildman–Crippen MR) is 132 cm³/mol. The molecule has 0 N–H and O–H groups in total. The Morgan fingerprint density at radius 2 is 1.87 bits per heavy atom. The Hall–Kier alpha value is -2.60. The van der Waals surface area contributed by atoms with E-state index in [1.54, 1.807) is 11.1 Å². The molecular formula is C30H34. The number of hydrogen-bond acceptors (Lipinski definition) is 0. The van der Waals surface area contributed by atoms with Crippen LogP contribution in [-0.2, 0) is 0 Å². The minimum Gasteiger partial charge on any atom is -0.0870 e. The SMILES string of the molecule is C/C=C\c1ccccc1C1=C(CC)C(C)(CC)C2CC=C(c3cccc(C)c3)C=C12. The maximum Gasteiger partial charge on any atom is -0.00292 e. The van der Waals surface area contributed by atoms with E-state index in [0.29, 0.717) is 5.92 Å². The molecule has 2 aliphatic carbocycles. The molecule has 0 bridgehead atoms. The third kappa shape index (κ3) is 3.33. The van der Waals surface area contributed by atoms with Gasteiger partial charge in [0.1, 0.15) is 0 Å². The van der Waals surface area contributed by atoms with E-state index in [9.17, 15) is 0 Å². The van der Waals surface area contributed by atoms with Gasteiger partial charge in [0.05, 0.1) is 0 Å². The van der Waals surface area contributed by atoms with Gasteiger partial charge in [-0.3, -0.25) is 0 Å². The Morgan fingerprint density at radius 1 is 1.07 bits per heavy atom. The van der Waals surface area contributed by atoms with E-state index >= 15 is 0 Å². The predicted octanol–water partition coefficient (Wildman–Crippen LogP) is 8.65. The van der Waals surface area contributed by atoms with Crippen LogP contribution in [0.15, 0.2) is 77.9 Å². The van der Waals surface area contributed by atoms with Crippen molar-refractivity contribution in [3.05, 3.63) is 100 Å². The highest BCUT2D eigenvalue weighted by atomic mass is 14.5. The third-order valence-corrected chi connectivity index (χ3v) is 7.32. The Labute approximate surface area is 182 Å². The van der Waals surface area contributed by atoms with Gasteiger partial charge in [0.25, 0.3) is 0 Å². The largest absolute Gasteiger partial charge is 0.0870 e. The summed E-state index contributed by atoms with van der Waals surface area (Å²) in [5.74, 6) is 0.569. The van der Waals surface area contributed by atoms with Crippen LogP contribution in [0.5, 0.6) is 0 Å². The van der Waals surface area contributed by atoms with Crippen LogP contribution < -0.4 is 0 Å². The molecule has 0 saturated heterocycles. The molecule has 0 amide bonds. The highest BCUT2D eigenvalue weighted by Crippen LogP contribution is 2.60. The van der Waals surface area contributed by atoms with Gasteiger partial charge in [-0.1, -0.05) is 105 Å². The summed E-state index contributed by atoms with van der Waals surface area (Å²) in [6.07, 6.45) is 12.8. The first kappa shape index (κ1) is 20.7. The topological polar surface area (TPSA) is 0 Å². The molecule has 2 atom stereocenters. The molecule has 0 saturated carbocycles. The second kappa shape index (κ2) is 8.26. The van der Waals surface area contributed by atoms with Crippen LogP contribution in [-0.4, -0.2) is 0 Å².